The van der Waals surface area contributed by atoms with E-state index in [9.17, 15) is 9.59 Å². The number of amides is 2. The summed E-state index contributed by atoms with van der Waals surface area (Å²) in [6.07, 6.45) is 1.65. The Morgan fingerprint density at radius 3 is 2.60 bits per heavy atom. The van der Waals surface area contributed by atoms with Crippen molar-refractivity contribution in [3.8, 4) is 0 Å². The van der Waals surface area contributed by atoms with Crippen LogP contribution in [0.15, 0.2) is 72.4 Å². The van der Waals surface area contributed by atoms with Crippen LogP contribution in [-0.4, -0.2) is 34.2 Å². The number of hydrazone groups is 1. The van der Waals surface area contributed by atoms with Crippen molar-refractivity contribution in [1.82, 2.24) is 5.01 Å². The van der Waals surface area contributed by atoms with Crippen molar-refractivity contribution in [2.45, 2.75) is 0 Å². The highest BCUT2D eigenvalue weighted by atomic mass is 32.2. The molecule has 0 bridgehead atoms. The van der Waals surface area contributed by atoms with Crippen molar-refractivity contribution in [3.05, 3.63) is 78.4 Å². The molecule has 5 nitrogen and oxygen atoms in total. The Labute approximate surface area is 150 Å². The van der Waals surface area contributed by atoms with Crippen LogP contribution < -0.4 is 5.32 Å². The van der Waals surface area contributed by atoms with Gasteiger partial charge in [0.05, 0.1) is 12.3 Å². The van der Waals surface area contributed by atoms with Gasteiger partial charge in [0.15, 0.2) is 0 Å². The van der Waals surface area contributed by atoms with Crippen molar-refractivity contribution in [1.29, 1.82) is 0 Å². The minimum Gasteiger partial charge on any atom is -0.322 e. The monoisotopic (exact) mass is 351 g/mol. The van der Waals surface area contributed by atoms with Crippen LogP contribution in [0.3, 0.4) is 0 Å². The number of carbonyl (C=O) groups excluding carboxylic acids is 2. The highest BCUT2D eigenvalue weighted by molar-refractivity contribution is 8.14. The number of anilines is 1. The minimum absolute atomic E-state index is 0.0737. The Morgan fingerprint density at radius 1 is 1.20 bits per heavy atom. The summed E-state index contributed by atoms with van der Waals surface area (Å²) in [5.74, 6) is 0.379. The summed E-state index contributed by atoms with van der Waals surface area (Å²) in [4.78, 5) is 23.9. The van der Waals surface area contributed by atoms with Crippen LogP contribution in [0.25, 0.3) is 0 Å². The van der Waals surface area contributed by atoms with E-state index in [1.54, 1.807) is 18.2 Å². The summed E-state index contributed by atoms with van der Waals surface area (Å²) in [6.45, 7) is 4.03. The van der Waals surface area contributed by atoms with E-state index in [4.69, 9.17) is 0 Å². The number of thioether (sulfide) groups is 1. The quantitative estimate of drug-likeness (QED) is 0.828. The number of hydrogen-bond donors (Lipinski definition) is 1. The van der Waals surface area contributed by atoms with E-state index < -0.39 is 0 Å². The van der Waals surface area contributed by atoms with Gasteiger partial charge in [-0.25, -0.2) is 5.01 Å². The fourth-order valence-corrected chi connectivity index (χ4v) is 3.09. The summed E-state index contributed by atoms with van der Waals surface area (Å²) in [5.41, 5.74) is 3.07. The maximum absolute atomic E-state index is 12.2. The van der Waals surface area contributed by atoms with Crippen LogP contribution in [0.4, 0.5) is 10.5 Å². The zero-order valence-corrected chi connectivity index (χ0v) is 14.3. The molecule has 6 heteroatoms. The van der Waals surface area contributed by atoms with Crippen molar-refractivity contribution < 1.29 is 9.59 Å². The van der Waals surface area contributed by atoms with E-state index in [1.165, 1.54) is 16.8 Å². The van der Waals surface area contributed by atoms with Crippen molar-refractivity contribution in [3.63, 3.8) is 0 Å². The molecular weight excluding hydrogens is 334 g/mol. The summed E-state index contributed by atoms with van der Waals surface area (Å²) in [6, 6.07) is 16.5. The number of nitrogens with zero attached hydrogens (tertiary/aromatic N) is 2. The Hall–Kier alpha value is -2.86. The normalized spacial score (nSPS) is 14.0. The van der Waals surface area contributed by atoms with Crippen molar-refractivity contribution in [2.75, 3.05) is 17.6 Å². The molecule has 1 aliphatic rings. The van der Waals surface area contributed by atoms with E-state index >= 15 is 0 Å². The fraction of sp³-hybridized carbons (Fsp3) is 0.105. The summed E-state index contributed by atoms with van der Waals surface area (Å²) in [5, 5.41) is 8.58. The molecule has 0 unspecified atom stereocenters. The summed E-state index contributed by atoms with van der Waals surface area (Å²) >= 11 is 1.22. The van der Waals surface area contributed by atoms with Crippen LogP contribution in [-0.2, 0) is 0 Å². The smallest absolute Gasteiger partial charge is 0.302 e. The first-order valence-electron chi connectivity index (χ1n) is 7.77. The fourth-order valence-electron chi connectivity index (χ4n) is 2.34. The Morgan fingerprint density at radius 2 is 1.92 bits per heavy atom. The predicted octanol–water partition coefficient (Wildman–Crippen LogP) is 4.00. The highest BCUT2D eigenvalue weighted by Gasteiger charge is 2.21. The average Bonchev–Trinajstić information content (AvgIpc) is 2.65. The number of hydrogen-bond acceptors (Lipinski definition) is 4. The first-order valence-corrected chi connectivity index (χ1v) is 8.75. The Kier molecular flexibility index (Phi) is 5.30. The standard InChI is InChI=1S/C19H17N3O2S/c1-2-12-22-19(24)25-13-17(21-22)14-8-10-16(11-9-14)20-18(23)15-6-4-3-5-7-15/h2-11H,1,12-13H2,(H,20,23). The largest absolute Gasteiger partial charge is 0.322 e. The first-order chi connectivity index (χ1) is 12.2. The van der Waals surface area contributed by atoms with Crippen molar-refractivity contribution >= 4 is 34.3 Å². The lowest BCUT2D eigenvalue weighted by molar-refractivity contribution is 0.102. The molecule has 0 saturated heterocycles. The van der Waals surface area contributed by atoms with Gasteiger partial charge >= 0.3 is 5.24 Å². The topological polar surface area (TPSA) is 61.8 Å². The lowest BCUT2D eigenvalue weighted by atomic mass is 10.1. The molecule has 2 aromatic carbocycles. The molecule has 1 N–H and O–H groups in total. The van der Waals surface area contributed by atoms with Gasteiger partial charge in [0.25, 0.3) is 5.91 Å². The molecule has 1 heterocycles. The molecule has 0 aromatic heterocycles. The van der Waals surface area contributed by atoms with E-state index in [1.807, 2.05) is 42.5 Å². The van der Waals surface area contributed by atoms with Gasteiger partial charge < -0.3 is 5.32 Å². The molecule has 0 radical (unpaired) electrons. The van der Waals surface area contributed by atoms with E-state index in [-0.39, 0.29) is 11.1 Å². The molecule has 0 spiro atoms. The predicted molar refractivity (Wildman–Crippen MR) is 102 cm³/mol. The Bertz CT molecular complexity index is 816. The highest BCUT2D eigenvalue weighted by Crippen LogP contribution is 2.20. The second-order valence-corrected chi connectivity index (χ2v) is 6.30. The Balaban J connectivity index is 1.72. The van der Waals surface area contributed by atoms with Gasteiger partial charge in [0.1, 0.15) is 0 Å². The summed E-state index contributed by atoms with van der Waals surface area (Å²) in [7, 11) is 0. The van der Waals surface area contributed by atoms with Crippen LogP contribution in [0.2, 0.25) is 0 Å². The molecule has 0 saturated carbocycles. The molecule has 0 aliphatic carbocycles. The second kappa shape index (κ2) is 7.81. The molecule has 2 amide bonds. The number of carbonyl (C=O) groups is 2. The van der Waals surface area contributed by atoms with Crippen LogP contribution in [0.5, 0.6) is 0 Å². The van der Waals surface area contributed by atoms with E-state index in [2.05, 4.69) is 17.0 Å². The average molecular weight is 351 g/mol. The third-order valence-corrected chi connectivity index (χ3v) is 4.47. The van der Waals surface area contributed by atoms with Gasteiger partial charge in [0, 0.05) is 17.0 Å². The molecule has 0 fully saturated rings. The summed E-state index contributed by atoms with van der Waals surface area (Å²) < 4.78 is 0. The van der Waals surface area contributed by atoms with Crippen molar-refractivity contribution in [2.24, 2.45) is 5.10 Å². The third kappa shape index (κ3) is 4.16. The van der Waals surface area contributed by atoms with Gasteiger partial charge in [-0.3, -0.25) is 9.59 Å². The molecule has 0 atom stereocenters. The maximum Gasteiger partial charge on any atom is 0.302 e. The minimum atomic E-state index is -0.151. The van der Waals surface area contributed by atoms with Gasteiger partial charge in [0.2, 0.25) is 0 Å². The van der Waals surface area contributed by atoms with Gasteiger partial charge in [-0.15, -0.1) is 6.58 Å². The maximum atomic E-state index is 12.2. The molecule has 2 aromatic rings. The zero-order valence-electron chi connectivity index (χ0n) is 13.5. The lowest BCUT2D eigenvalue weighted by Gasteiger charge is -2.21. The van der Waals surface area contributed by atoms with E-state index in [0.29, 0.717) is 23.5 Å². The van der Waals surface area contributed by atoms with E-state index in [0.717, 1.165) is 11.3 Å². The molecule has 1 aliphatic heterocycles. The first kappa shape index (κ1) is 17.0. The van der Waals surface area contributed by atoms with Crippen LogP contribution >= 0.6 is 11.8 Å². The van der Waals surface area contributed by atoms with Crippen LogP contribution in [0, 0.1) is 0 Å². The molecule has 25 heavy (non-hydrogen) atoms. The molecule has 126 valence electrons. The SMILES string of the molecule is C=CCN1N=C(c2ccc(NC(=O)c3ccccc3)cc2)CSC1=O. The van der Waals surface area contributed by atoms with Gasteiger partial charge in [-0.05, 0) is 29.8 Å². The second-order valence-electron chi connectivity index (χ2n) is 5.37. The lowest BCUT2D eigenvalue weighted by Crippen LogP contribution is -2.29. The third-order valence-electron chi connectivity index (χ3n) is 3.60. The molecule has 3 rings (SSSR count). The zero-order chi connectivity index (χ0) is 17.6. The number of rotatable bonds is 5. The number of benzene rings is 2. The molecular formula is C19H17N3O2S. The van der Waals surface area contributed by atoms with Crippen LogP contribution in [0.1, 0.15) is 15.9 Å². The van der Waals surface area contributed by atoms with Gasteiger partial charge in [-0.1, -0.05) is 48.2 Å². The van der Waals surface area contributed by atoms with Gasteiger partial charge in [-0.2, -0.15) is 5.10 Å². The number of nitrogens with one attached hydrogen (secondary N) is 1.